The molecule has 0 aromatic heterocycles. The Morgan fingerprint density at radius 1 is 1.56 bits per heavy atom. The topological polar surface area (TPSA) is 77.8 Å². The van der Waals surface area contributed by atoms with Gasteiger partial charge in [0.05, 0.1) is 0 Å². The lowest BCUT2D eigenvalue weighted by Gasteiger charge is -2.07. The number of aliphatic hydroxyl groups excluding tert-OH is 1. The van der Waals surface area contributed by atoms with Gasteiger partial charge in [-0.3, -0.25) is 4.57 Å². The Hall–Kier alpha value is 0.110. The Kier molecular flexibility index (Phi) is 5.28. The van der Waals surface area contributed by atoms with E-state index in [0.29, 0.717) is 0 Å². The summed E-state index contributed by atoms with van der Waals surface area (Å²) in [6.07, 6.45) is 0.0876. The normalized spacial score (nSPS) is 14.2. The molecule has 0 saturated carbocycles. The van der Waals surface area contributed by atoms with E-state index in [2.05, 4.69) is 0 Å². The highest BCUT2D eigenvalue weighted by molar-refractivity contribution is 7.52. The third-order valence-electron chi connectivity index (χ3n) is 0.753. The highest BCUT2D eigenvalue weighted by Crippen LogP contribution is 2.40. The summed E-state index contributed by atoms with van der Waals surface area (Å²) in [5, 5.41) is 8.43. The summed E-state index contributed by atoms with van der Waals surface area (Å²) in [7, 11) is -4.20. The van der Waals surface area contributed by atoms with Crippen molar-refractivity contribution in [1.29, 1.82) is 0 Å². The van der Waals surface area contributed by atoms with Crippen LogP contribution in [0, 0.1) is 0 Å². The maximum Gasteiger partial charge on any atom is 0.353 e. The fraction of sp³-hybridized carbons (Fsp3) is 1.00. The van der Waals surface area contributed by atoms with Crippen molar-refractivity contribution in [2.24, 2.45) is 0 Å². The van der Waals surface area contributed by atoms with Crippen molar-refractivity contribution in [2.75, 3.05) is 0 Å². The summed E-state index contributed by atoms with van der Waals surface area (Å²) in [4.78, 5) is 16.3. The van der Waals surface area contributed by atoms with Crippen LogP contribution in [0.1, 0.15) is 20.8 Å². The predicted molar refractivity (Wildman–Crippen MR) is 35.1 cm³/mol. The van der Waals surface area contributed by atoms with Crippen molar-refractivity contribution in [3.8, 4) is 0 Å². The first kappa shape index (κ1) is 11.9. The molecule has 3 N–H and O–H groups in total. The molecule has 1 atom stereocenters. The minimum atomic E-state index is -4.20. The van der Waals surface area contributed by atoms with Crippen molar-refractivity contribution in [1.82, 2.24) is 0 Å². The highest BCUT2D eigenvalue weighted by Gasteiger charge is 2.23. The van der Waals surface area contributed by atoms with Crippen molar-refractivity contribution < 1.29 is 19.5 Å². The molecule has 0 bridgehead atoms. The van der Waals surface area contributed by atoms with Gasteiger partial charge in [-0.05, 0) is 6.42 Å². The van der Waals surface area contributed by atoms with E-state index in [4.69, 9.17) is 14.9 Å². The molecule has 0 aliphatic heterocycles. The summed E-state index contributed by atoms with van der Waals surface area (Å²) < 4.78 is 10.0. The predicted octanol–water partition coefficient (Wildman–Crippen LogP) is 0.529. The Bertz CT molecular complexity index is 107. The summed E-state index contributed by atoms with van der Waals surface area (Å²) >= 11 is 0. The monoisotopic (exact) mass is 156 g/mol. The van der Waals surface area contributed by atoms with E-state index in [1.807, 2.05) is 0 Å². The molecule has 0 aromatic carbocycles. The molecular weight excluding hydrogens is 143 g/mol. The fourth-order valence-electron chi connectivity index (χ4n) is 0.238. The quantitative estimate of drug-likeness (QED) is 0.509. The largest absolute Gasteiger partial charge is 0.380 e. The zero-order valence-electron chi connectivity index (χ0n) is 4.48. The average molecular weight is 156 g/mol. The molecule has 9 heavy (non-hydrogen) atoms. The van der Waals surface area contributed by atoms with Gasteiger partial charge >= 0.3 is 7.60 Å². The average Bonchev–Trinajstić information content (AvgIpc) is 1.62. The molecule has 0 aliphatic carbocycles. The molecule has 0 saturated heterocycles. The maximum atomic E-state index is 10.0. The second-order valence-electron chi connectivity index (χ2n) is 1.48. The van der Waals surface area contributed by atoms with Gasteiger partial charge < -0.3 is 14.9 Å². The molecule has 0 fully saturated rings. The molecule has 0 aliphatic rings. The number of hydrogen-bond donors (Lipinski definition) is 3. The Morgan fingerprint density at radius 2 is 1.89 bits per heavy atom. The van der Waals surface area contributed by atoms with Crippen LogP contribution in [-0.2, 0) is 4.57 Å². The van der Waals surface area contributed by atoms with Crippen LogP contribution < -0.4 is 0 Å². The molecule has 0 rings (SSSR count). The van der Waals surface area contributed by atoms with Crippen molar-refractivity contribution in [3.05, 3.63) is 0 Å². The van der Waals surface area contributed by atoms with E-state index in [-0.39, 0.29) is 13.8 Å². The number of aliphatic hydroxyl groups is 1. The van der Waals surface area contributed by atoms with E-state index in [1.165, 1.54) is 6.92 Å². The van der Waals surface area contributed by atoms with E-state index in [9.17, 15) is 4.57 Å². The lowest BCUT2D eigenvalue weighted by Crippen LogP contribution is -2.03. The van der Waals surface area contributed by atoms with Crippen LogP contribution >= 0.6 is 7.60 Å². The van der Waals surface area contributed by atoms with E-state index in [1.54, 1.807) is 0 Å². The second kappa shape index (κ2) is 4.01. The van der Waals surface area contributed by atoms with E-state index >= 15 is 0 Å². The molecule has 5 heteroatoms. The third-order valence-corrected chi connectivity index (χ3v) is 1.90. The molecule has 0 spiro atoms. The van der Waals surface area contributed by atoms with Gasteiger partial charge in [0.15, 0.2) is 5.85 Å². The first-order chi connectivity index (χ1) is 3.48. The zero-order valence-corrected chi connectivity index (χ0v) is 5.38. The van der Waals surface area contributed by atoms with Crippen LogP contribution in [0.5, 0.6) is 0 Å². The summed E-state index contributed by atoms with van der Waals surface area (Å²) in [5.74, 6) is -1.48. The zero-order chi connectivity index (χ0) is 6.78. The van der Waals surface area contributed by atoms with Gasteiger partial charge in [-0.25, -0.2) is 0 Å². The summed E-state index contributed by atoms with van der Waals surface area (Å²) in [6.45, 7) is 1.50. The van der Waals surface area contributed by atoms with Gasteiger partial charge in [0.25, 0.3) is 0 Å². The molecular formula is C4H13O4P. The maximum absolute atomic E-state index is 10.0. The Labute approximate surface area is 54.7 Å². The van der Waals surface area contributed by atoms with Gasteiger partial charge in [-0.1, -0.05) is 14.4 Å². The van der Waals surface area contributed by atoms with Gasteiger partial charge in [0.2, 0.25) is 0 Å². The molecule has 0 amide bonds. The van der Waals surface area contributed by atoms with Crippen LogP contribution in [0.2, 0.25) is 0 Å². The molecule has 0 radical (unpaired) electrons. The number of hydrogen-bond acceptors (Lipinski definition) is 2. The highest BCUT2D eigenvalue weighted by atomic mass is 31.2. The van der Waals surface area contributed by atoms with E-state index in [0.717, 1.165) is 0 Å². The summed E-state index contributed by atoms with van der Waals surface area (Å²) in [6, 6.07) is 0. The summed E-state index contributed by atoms with van der Waals surface area (Å²) in [5.41, 5.74) is 0. The van der Waals surface area contributed by atoms with Crippen LogP contribution in [0.15, 0.2) is 0 Å². The van der Waals surface area contributed by atoms with Gasteiger partial charge in [-0.15, -0.1) is 0 Å². The standard InChI is InChI=1S/C3H9O4P.CH4/c1-2-3(4)8(5,6)7;/h3-4H,2H2,1H3,(H2,5,6,7);1H4. The van der Waals surface area contributed by atoms with Gasteiger partial charge in [-0.2, -0.15) is 0 Å². The minimum absolute atomic E-state index is 0. The van der Waals surface area contributed by atoms with Crippen LogP contribution in [0.4, 0.5) is 0 Å². The van der Waals surface area contributed by atoms with Gasteiger partial charge in [0.1, 0.15) is 0 Å². The van der Waals surface area contributed by atoms with Crippen LogP contribution in [0.3, 0.4) is 0 Å². The molecule has 1 unspecified atom stereocenters. The first-order valence-electron chi connectivity index (χ1n) is 2.21. The first-order valence-corrected chi connectivity index (χ1v) is 3.90. The third kappa shape index (κ3) is 4.60. The number of rotatable bonds is 2. The molecule has 0 heterocycles. The minimum Gasteiger partial charge on any atom is -0.380 e. The lowest BCUT2D eigenvalue weighted by atomic mass is 10.5. The molecule has 58 valence electrons. The molecule has 4 nitrogen and oxygen atoms in total. The Balaban J connectivity index is 0. The van der Waals surface area contributed by atoms with Crippen molar-refractivity contribution in [2.45, 2.75) is 26.6 Å². The fourth-order valence-corrected chi connectivity index (χ4v) is 0.714. The SMILES string of the molecule is C.CCC(O)P(=O)(O)O. The van der Waals surface area contributed by atoms with Gasteiger partial charge in [0, 0.05) is 0 Å². The van der Waals surface area contributed by atoms with Crippen molar-refractivity contribution >= 4 is 7.60 Å². The van der Waals surface area contributed by atoms with E-state index < -0.39 is 13.4 Å². The van der Waals surface area contributed by atoms with Crippen LogP contribution in [-0.4, -0.2) is 20.7 Å². The smallest absolute Gasteiger partial charge is 0.353 e. The lowest BCUT2D eigenvalue weighted by molar-refractivity contribution is 0.199. The molecule has 0 aromatic rings. The van der Waals surface area contributed by atoms with Crippen LogP contribution in [0.25, 0.3) is 0 Å². The Morgan fingerprint density at radius 3 is 1.89 bits per heavy atom. The van der Waals surface area contributed by atoms with Crippen molar-refractivity contribution in [3.63, 3.8) is 0 Å². The second-order valence-corrected chi connectivity index (χ2v) is 3.25.